The van der Waals surface area contributed by atoms with Crippen molar-refractivity contribution in [1.82, 2.24) is 15.4 Å². The number of anilines is 2. The quantitative estimate of drug-likeness (QED) is 0.277. The molecule has 4 aromatic rings. The molecule has 1 aromatic carbocycles. The number of carbonyl (C=O) groups excluding carboxylic acids is 2. The third-order valence-corrected chi connectivity index (χ3v) is 5.91. The van der Waals surface area contributed by atoms with Crippen molar-refractivity contribution in [1.29, 1.82) is 0 Å². The molecule has 3 aromatic heterocycles. The lowest BCUT2D eigenvalue weighted by atomic mass is 10.2. The van der Waals surface area contributed by atoms with Gasteiger partial charge >= 0.3 is 6.18 Å². The molecule has 33 heavy (non-hydrogen) atoms. The largest absolute Gasteiger partial charge is 0.461 e. The zero-order valence-corrected chi connectivity index (χ0v) is 17.9. The summed E-state index contributed by atoms with van der Waals surface area (Å²) in [5.74, 6) is -0.515. The minimum absolute atomic E-state index is 0.00580. The van der Waals surface area contributed by atoms with Crippen molar-refractivity contribution in [2.24, 2.45) is 0 Å². The Morgan fingerprint density at radius 2 is 1.91 bits per heavy atom. The Kier molecular flexibility index (Phi) is 6.46. The Morgan fingerprint density at radius 3 is 2.67 bits per heavy atom. The van der Waals surface area contributed by atoms with Gasteiger partial charge in [0.05, 0.1) is 17.6 Å². The molecule has 2 amide bonds. The molecule has 0 unspecified atom stereocenters. The van der Waals surface area contributed by atoms with Crippen LogP contribution in [-0.2, 0) is 11.0 Å². The normalized spacial score (nSPS) is 11.4. The summed E-state index contributed by atoms with van der Waals surface area (Å²) in [5, 5.41) is 16.4. The van der Waals surface area contributed by atoms with Gasteiger partial charge in [-0.2, -0.15) is 13.2 Å². The van der Waals surface area contributed by atoms with Crippen molar-refractivity contribution in [3.63, 3.8) is 0 Å². The lowest BCUT2D eigenvalue weighted by Gasteiger charge is -2.09. The van der Waals surface area contributed by atoms with Crippen LogP contribution in [0.1, 0.15) is 16.1 Å². The minimum Gasteiger partial charge on any atom is -0.461 e. The molecule has 2 N–H and O–H groups in total. The van der Waals surface area contributed by atoms with E-state index < -0.39 is 23.6 Å². The van der Waals surface area contributed by atoms with E-state index in [1.807, 2.05) is 0 Å². The fourth-order valence-corrected chi connectivity index (χ4v) is 4.04. The van der Waals surface area contributed by atoms with Crippen molar-refractivity contribution >= 4 is 45.7 Å². The SMILES string of the molecule is O=C(CSc1nnc(NC(=O)c2cc(-c3ccco3)on2)s1)Nc1cccc(C(F)(F)F)c1. The summed E-state index contributed by atoms with van der Waals surface area (Å²) in [4.78, 5) is 24.4. The van der Waals surface area contributed by atoms with Crippen molar-refractivity contribution in [2.75, 3.05) is 16.4 Å². The zero-order valence-electron chi connectivity index (χ0n) is 16.3. The number of amides is 2. The molecule has 4 rings (SSSR count). The molecule has 9 nitrogen and oxygen atoms in total. The molecule has 14 heteroatoms. The molecule has 0 aliphatic rings. The first-order valence-electron chi connectivity index (χ1n) is 9.03. The third kappa shape index (κ3) is 5.78. The number of benzene rings is 1. The van der Waals surface area contributed by atoms with E-state index in [1.165, 1.54) is 24.5 Å². The maximum Gasteiger partial charge on any atom is 0.416 e. The smallest absolute Gasteiger partial charge is 0.416 e. The number of nitrogens with zero attached hydrogens (tertiary/aromatic N) is 3. The van der Waals surface area contributed by atoms with Gasteiger partial charge in [-0.1, -0.05) is 34.3 Å². The third-order valence-electron chi connectivity index (χ3n) is 3.93. The van der Waals surface area contributed by atoms with Crippen LogP contribution in [0.2, 0.25) is 0 Å². The van der Waals surface area contributed by atoms with Crippen LogP contribution < -0.4 is 10.6 Å². The molecule has 0 fully saturated rings. The van der Waals surface area contributed by atoms with Gasteiger partial charge in [0.2, 0.25) is 16.8 Å². The number of alkyl halides is 3. The molecule has 0 saturated heterocycles. The standard InChI is InChI=1S/C19H12F3N5O4S2/c20-19(21,22)10-3-1-4-11(7-10)23-15(28)9-32-18-26-25-17(33-18)24-16(29)12-8-14(31-27-12)13-5-2-6-30-13/h1-8H,9H2,(H,23,28)(H,24,25,29). The first kappa shape index (κ1) is 22.5. The topological polar surface area (TPSA) is 123 Å². The van der Waals surface area contributed by atoms with Gasteiger partial charge in [0.1, 0.15) is 0 Å². The number of thioether (sulfide) groups is 1. The van der Waals surface area contributed by atoms with E-state index in [9.17, 15) is 22.8 Å². The maximum atomic E-state index is 12.8. The van der Waals surface area contributed by atoms with Gasteiger partial charge in [0, 0.05) is 11.8 Å². The number of rotatable bonds is 7. The number of nitrogens with one attached hydrogen (secondary N) is 2. The highest BCUT2D eigenvalue weighted by Crippen LogP contribution is 2.31. The number of aromatic nitrogens is 3. The highest BCUT2D eigenvalue weighted by atomic mass is 32.2. The van der Waals surface area contributed by atoms with Crippen molar-refractivity contribution < 1.29 is 31.7 Å². The second-order valence-corrected chi connectivity index (χ2v) is 8.50. The molecule has 0 spiro atoms. The molecular formula is C19H12F3N5O4S2. The van der Waals surface area contributed by atoms with Crippen molar-refractivity contribution in [2.45, 2.75) is 10.5 Å². The van der Waals surface area contributed by atoms with Gasteiger partial charge < -0.3 is 14.3 Å². The highest BCUT2D eigenvalue weighted by Gasteiger charge is 2.30. The predicted octanol–water partition coefficient (Wildman–Crippen LogP) is 4.79. The van der Waals surface area contributed by atoms with Gasteiger partial charge in [-0.05, 0) is 30.3 Å². The number of hydrogen-bond acceptors (Lipinski definition) is 9. The van der Waals surface area contributed by atoms with Crippen LogP contribution >= 0.6 is 23.1 Å². The lowest BCUT2D eigenvalue weighted by Crippen LogP contribution is -2.15. The van der Waals surface area contributed by atoms with Crippen LogP contribution in [0, 0.1) is 0 Å². The number of hydrogen-bond donors (Lipinski definition) is 2. The van der Waals surface area contributed by atoms with Gasteiger partial charge in [-0.25, -0.2) is 0 Å². The van der Waals surface area contributed by atoms with Crippen LogP contribution in [0.25, 0.3) is 11.5 Å². The summed E-state index contributed by atoms with van der Waals surface area (Å²) >= 11 is 2.03. The van der Waals surface area contributed by atoms with E-state index in [-0.39, 0.29) is 28.0 Å². The van der Waals surface area contributed by atoms with E-state index in [2.05, 4.69) is 26.0 Å². The van der Waals surface area contributed by atoms with E-state index in [0.717, 1.165) is 35.2 Å². The lowest BCUT2D eigenvalue weighted by molar-refractivity contribution is -0.137. The summed E-state index contributed by atoms with van der Waals surface area (Å²) < 4.78 is 48.9. The van der Waals surface area contributed by atoms with Crippen LogP contribution in [0.15, 0.2) is 62.0 Å². The molecule has 0 aliphatic heterocycles. The second kappa shape index (κ2) is 9.46. The molecule has 0 radical (unpaired) electrons. The van der Waals surface area contributed by atoms with E-state index in [1.54, 1.807) is 12.1 Å². The number of halogens is 3. The molecular weight excluding hydrogens is 483 g/mol. The van der Waals surface area contributed by atoms with E-state index >= 15 is 0 Å². The fourth-order valence-electron chi connectivity index (χ4n) is 2.49. The average Bonchev–Trinajstić information content (AvgIpc) is 3.53. The fraction of sp³-hybridized carbons (Fsp3) is 0.105. The molecule has 0 bridgehead atoms. The minimum atomic E-state index is -4.50. The number of carbonyl (C=O) groups is 2. The van der Waals surface area contributed by atoms with Gasteiger partial charge in [0.25, 0.3) is 5.91 Å². The molecule has 170 valence electrons. The predicted molar refractivity (Wildman–Crippen MR) is 113 cm³/mol. The summed E-state index contributed by atoms with van der Waals surface area (Å²) in [6.07, 6.45) is -3.05. The Hall–Kier alpha value is -3.65. The van der Waals surface area contributed by atoms with Crippen LogP contribution in [0.4, 0.5) is 24.0 Å². The average molecular weight is 495 g/mol. The maximum absolute atomic E-state index is 12.8. The van der Waals surface area contributed by atoms with Crippen molar-refractivity contribution in [3.8, 4) is 11.5 Å². The molecule has 0 saturated carbocycles. The van der Waals surface area contributed by atoms with Crippen LogP contribution in [0.5, 0.6) is 0 Å². The highest BCUT2D eigenvalue weighted by molar-refractivity contribution is 8.01. The number of furan rings is 1. The summed E-state index contributed by atoms with van der Waals surface area (Å²) in [6, 6.07) is 9.05. The molecule has 3 heterocycles. The van der Waals surface area contributed by atoms with Crippen LogP contribution in [0.3, 0.4) is 0 Å². The zero-order chi connectivity index (χ0) is 23.4. The van der Waals surface area contributed by atoms with E-state index in [4.69, 9.17) is 8.94 Å². The Labute approximate surface area is 191 Å². The summed E-state index contributed by atoms with van der Waals surface area (Å²) in [7, 11) is 0. The second-order valence-electron chi connectivity index (χ2n) is 6.30. The van der Waals surface area contributed by atoms with Crippen molar-refractivity contribution in [3.05, 3.63) is 60.0 Å². The Bertz CT molecular complexity index is 1270. The van der Waals surface area contributed by atoms with E-state index in [0.29, 0.717) is 10.1 Å². The summed E-state index contributed by atoms with van der Waals surface area (Å²) in [5.41, 5.74) is -0.825. The Balaban J connectivity index is 1.29. The van der Waals surface area contributed by atoms with Gasteiger partial charge in [-0.3, -0.25) is 14.9 Å². The first-order valence-corrected chi connectivity index (χ1v) is 10.8. The van der Waals surface area contributed by atoms with Crippen LogP contribution in [-0.4, -0.2) is 32.9 Å². The summed E-state index contributed by atoms with van der Waals surface area (Å²) in [6.45, 7) is 0. The Morgan fingerprint density at radius 1 is 1.06 bits per heavy atom. The van der Waals surface area contributed by atoms with Gasteiger partial charge in [-0.15, -0.1) is 10.2 Å². The molecule has 0 atom stereocenters. The van der Waals surface area contributed by atoms with Gasteiger partial charge in [0.15, 0.2) is 15.8 Å². The first-order chi connectivity index (χ1) is 15.8. The monoisotopic (exact) mass is 495 g/mol. The molecule has 0 aliphatic carbocycles.